The summed E-state index contributed by atoms with van der Waals surface area (Å²) in [5.74, 6) is 1.33. The van der Waals surface area contributed by atoms with E-state index in [4.69, 9.17) is 4.74 Å². The monoisotopic (exact) mass is 201 g/mol. The zero-order valence-electron chi connectivity index (χ0n) is 10.5. The second-order valence-corrected chi connectivity index (χ2v) is 4.35. The Bertz CT molecular complexity index is 125. The van der Waals surface area contributed by atoms with E-state index in [1.807, 2.05) is 0 Å². The van der Waals surface area contributed by atoms with Gasteiger partial charge in [-0.05, 0) is 31.2 Å². The summed E-state index contributed by atoms with van der Waals surface area (Å²) in [4.78, 5) is 0. The van der Waals surface area contributed by atoms with Crippen molar-refractivity contribution in [2.45, 2.75) is 46.6 Å². The lowest BCUT2D eigenvalue weighted by molar-refractivity contribution is 0.114. The normalized spacial score (nSPS) is 15.9. The molecule has 0 fully saturated rings. The lowest BCUT2D eigenvalue weighted by atomic mass is 9.89. The molecule has 0 aliphatic rings. The van der Waals surface area contributed by atoms with Crippen LogP contribution >= 0.6 is 0 Å². The van der Waals surface area contributed by atoms with Crippen LogP contribution < -0.4 is 5.32 Å². The van der Waals surface area contributed by atoms with Gasteiger partial charge in [-0.2, -0.15) is 0 Å². The van der Waals surface area contributed by atoms with Crippen molar-refractivity contribution >= 4 is 0 Å². The van der Waals surface area contributed by atoms with Crippen LogP contribution in [0.2, 0.25) is 0 Å². The van der Waals surface area contributed by atoms with Gasteiger partial charge >= 0.3 is 0 Å². The van der Waals surface area contributed by atoms with E-state index in [9.17, 15) is 0 Å². The van der Waals surface area contributed by atoms with E-state index < -0.39 is 0 Å². The molecule has 0 aromatic heterocycles. The Labute approximate surface area is 89.4 Å². The molecule has 2 nitrogen and oxygen atoms in total. The molecule has 0 spiro atoms. The summed E-state index contributed by atoms with van der Waals surface area (Å²) in [5, 5.41) is 3.62. The van der Waals surface area contributed by atoms with Crippen LogP contribution in [0.15, 0.2) is 0 Å². The maximum atomic E-state index is 5.27. The van der Waals surface area contributed by atoms with Crippen molar-refractivity contribution < 1.29 is 4.74 Å². The molecule has 0 aliphatic carbocycles. The Hall–Kier alpha value is -0.0800. The molecule has 0 radical (unpaired) electrons. The Morgan fingerprint density at radius 2 is 1.86 bits per heavy atom. The molecule has 0 amide bonds. The lowest BCUT2D eigenvalue weighted by Gasteiger charge is -2.30. The minimum Gasteiger partial charge on any atom is -0.384 e. The Kier molecular flexibility index (Phi) is 8.20. The summed E-state index contributed by atoms with van der Waals surface area (Å²) >= 11 is 0. The molecule has 0 aliphatic heterocycles. The number of methoxy groups -OCH3 is 1. The van der Waals surface area contributed by atoms with Gasteiger partial charge in [-0.3, -0.25) is 0 Å². The molecule has 0 saturated carbocycles. The van der Waals surface area contributed by atoms with E-state index in [0.29, 0.717) is 17.9 Å². The van der Waals surface area contributed by atoms with E-state index in [1.165, 1.54) is 12.8 Å². The number of ether oxygens (including phenoxy) is 1. The predicted molar refractivity (Wildman–Crippen MR) is 62.6 cm³/mol. The average Bonchev–Trinajstić information content (AvgIpc) is 2.16. The summed E-state index contributed by atoms with van der Waals surface area (Å²) in [6.45, 7) is 11.0. The fourth-order valence-electron chi connectivity index (χ4n) is 1.95. The predicted octanol–water partition coefficient (Wildman–Crippen LogP) is 2.68. The molecule has 0 aromatic carbocycles. The van der Waals surface area contributed by atoms with Gasteiger partial charge < -0.3 is 10.1 Å². The Morgan fingerprint density at radius 1 is 1.21 bits per heavy atom. The van der Waals surface area contributed by atoms with Crippen LogP contribution in [-0.2, 0) is 4.74 Å². The maximum absolute atomic E-state index is 5.27. The molecule has 0 bridgehead atoms. The minimum atomic E-state index is 0.597. The molecule has 1 N–H and O–H groups in total. The molecular weight excluding hydrogens is 174 g/mol. The SMILES string of the molecule is CCCNC(C(C)C)C(CC)COC. The molecule has 2 atom stereocenters. The van der Waals surface area contributed by atoms with Crippen LogP contribution in [0.3, 0.4) is 0 Å². The first kappa shape index (κ1) is 13.9. The van der Waals surface area contributed by atoms with Crippen LogP contribution in [0.1, 0.15) is 40.5 Å². The first-order chi connectivity index (χ1) is 6.67. The van der Waals surface area contributed by atoms with E-state index in [1.54, 1.807) is 7.11 Å². The minimum absolute atomic E-state index is 0.597. The van der Waals surface area contributed by atoms with Crippen molar-refractivity contribution in [2.75, 3.05) is 20.3 Å². The van der Waals surface area contributed by atoms with Crippen molar-refractivity contribution in [3.63, 3.8) is 0 Å². The molecular formula is C12H27NO. The van der Waals surface area contributed by atoms with Gasteiger partial charge in [0, 0.05) is 13.2 Å². The average molecular weight is 201 g/mol. The third-order valence-corrected chi connectivity index (χ3v) is 2.76. The summed E-state index contributed by atoms with van der Waals surface area (Å²) in [6.07, 6.45) is 2.39. The van der Waals surface area contributed by atoms with Crippen LogP contribution in [0.4, 0.5) is 0 Å². The summed E-state index contributed by atoms with van der Waals surface area (Å²) in [5.41, 5.74) is 0. The fourth-order valence-corrected chi connectivity index (χ4v) is 1.95. The van der Waals surface area contributed by atoms with Crippen molar-refractivity contribution in [3.8, 4) is 0 Å². The van der Waals surface area contributed by atoms with E-state index in [-0.39, 0.29) is 0 Å². The highest BCUT2D eigenvalue weighted by Crippen LogP contribution is 2.16. The molecule has 0 rings (SSSR count). The van der Waals surface area contributed by atoms with Gasteiger partial charge in [0.25, 0.3) is 0 Å². The number of hydrogen-bond acceptors (Lipinski definition) is 2. The van der Waals surface area contributed by atoms with Gasteiger partial charge in [0.1, 0.15) is 0 Å². The second kappa shape index (κ2) is 8.25. The molecule has 2 unspecified atom stereocenters. The number of rotatable bonds is 8. The van der Waals surface area contributed by atoms with Crippen molar-refractivity contribution in [3.05, 3.63) is 0 Å². The lowest BCUT2D eigenvalue weighted by Crippen LogP contribution is -2.42. The Morgan fingerprint density at radius 3 is 2.21 bits per heavy atom. The largest absolute Gasteiger partial charge is 0.384 e. The third-order valence-electron chi connectivity index (χ3n) is 2.76. The van der Waals surface area contributed by atoms with Crippen LogP contribution in [0, 0.1) is 11.8 Å². The molecule has 0 saturated heterocycles. The first-order valence-corrected chi connectivity index (χ1v) is 5.89. The highest BCUT2D eigenvalue weighted by molar-refractivity contribution is 4.78. The van der Waals surface area contributed by atoms with Gasteiger partial charge in [0.15, 0.2) is 0 Å². The number of hydrogen-bond donors (Lipinski definition) is 1. The summed E-state index contributed by atoms with van der Waals surface area (Å²) < 4.78 is 5.27. The van der Waals surface area contributed by atoms with Crippen molar-refractivity contribution in [1.29, 1.82) is 0 Å². The van der Waals surface area contributed by atoms with Gasteiger partial charge in [-0.1, -0.05) is 27.7 Å². The third kappa shape index (κ3) is 4.97. The van der Waals surface area contributed by atoms with Gasteiger partial charge in [0.2, 0.25) is 0 Å². The molecule has 14 heavy (non-hydrogen) atoms. The molecule has 0 aromatic rings. The Balaban J connectivity index is 4.12. The quantitative estimate of drug-likeness (QED) is 0.652. The van der Waals surface area contributed by atoms with Crippen molar-refractivity contribution in [2.24, 2.45) is 11.8 Å². The van der Waals surface area contributed by atoms with E-state index >= 15 is 0 Å². The summed E-state index contributed by atoms with van der Waals surface area (Å²) in [7, 11) is 1.79. The zero-order chi connectivity index (χ0) is 11.0. The molecule has 2 heteroatoms. The van der Waals surface area contributed by atoms with E-state index in [2.05, 4.69) is 33.0 Å². The standard InChI is InChI=1S/C12H27NO/c1-6-8-13-12(10(3)4)11(7-2)9-14-5/h10-13H,6-9H2,1-5H3. The van der Waals surface area contributed by atoms with Crippen LogP contribution in [0.5, 0.6) is 0 Å². The smallest absolute Gasteiger partial charge is 0.0505 e. The first-order valence-electron chi connectivity index (χ1n) is 5.89. The highest BCUT2D eigenvalue weighted by Gasteiger charge is 2.21. The van der Waals surface area contributed by atoms with Crippen molar-refractivity contribution in [1.82, 2.24) is 5.32 Å². The molecule has 86 valence electrons. The van der Waals surface area contributed by atoms with Gasteiger partial charge in [-0.25, -0.2) is 0 Å². The highest BCUT2D eigenvalue weighted by atomic mass is 16.5. The maximum Gasteiger partial charge on any atom is 0.0505 e. The second-order valence-electron chi connectivity index (χ2n) is 4.35. The summed E-state index contributed by atoms with van der Waals surface area (Å²) in [6, 6.07) is 0.597. The van der Waals surface area contributed by atoms with Crippen LogP contribution in [-0.4, -0.2) is 26.3 Å². The van der Waals surface area contributed by atoms with E-state index in [0.717, 1.165) is 13.2 Å². The zero-order valence-corrected chi connectivity index (χ0v) is 10.5. The number of nitrogens with one attached hydrogen (secondary N) is 1. The molecule has 0 heterocycles. The van der Waals surface area contributed by atoms with Gasteiger partial charge in [-0.15, -0.1) is 0 Å². The van der Waals surface area contributed by atoms with Gasteiger partial charge in [0.05, 0.1) is 6.61 Å². The topological polar surface area (TPSA) is 21.3 Å². The van der Waals surface area contributed by atoms with Crippen LogP contribution in [0.25, 0.3) is 0 Å². The fraction of sp³-hybridized carbons (Fsp3) is 1.00.